The van der Waals surface area contributed by atoms with Crippen molar-refractivity contribution in [1.82, 2.24) is 10.6 Å². The molecule has 1 aliphatic carbocycles. The van der Waals surface area contributed by atoms with Gasteiger partial charge in [0.25, 0.3) is 5.91 Å². The highest BCUT2D eigenvalue weighted by Crippen LogP contribution is 2.31. The van der Waals surface area contributed by atoms with E-state index in [1.54, 1.807) is 0 Å². The summed E-state index contributed by atoms with van der Waals surface area (Å²) in [5.74, 6) is 1.86. The molecule has 0 aromatic rings. The van der Waals surface area contributed by atoms with Gasteiger partial charge in [0.1, 0.15) is 11.4 Å². The molecule has 1 spiro atoms. The molecule has 3 rings (SSSR count). The van der Waals surface area contributed by atoms with Crippen molar-refractivity contribution in [1.29, 1.82) is 0 Å². The number of carbonyl (C=O) groups is 1. The van der Waals surface area contributed by atoms with Crippen molar-refractivity contribution in [2.24, 2.45) is 10.9 Å². The first-order chi connectivity index (χ1) is 8.78. The number of hydrogen-bond acceptors (Lipinski definition) is 3. The molecule has 0 radical (unpaired) electrons. The molecule has 2 fully saturated rings. The molecule has 3 aliphatic rings. The zero-order valence-corrected chi connectivity index (χ0v) is 11.0. The third-order valence-corrected chi connectivity index (χ3v) is 4.67. The van der Waals surface area contributed by atoms with E-state index < -0.39 is 5.54 Å². The second-order valence-corrected chi connectivity index (χ2v) is 6.00. The summed E-state index contributed by atoms with van der Waals surface area (Å²) in [6, 6.07) is 0. The van der Waals surface area contributed by atoms with Crippen molar-refractivity contribution < 1.29 is 4.79 Å². The Hall–Kier alpha value is -0.900. The van der Waals surface area contributed by atoms with Gasteiger partial charge in [-0.25, -0.2) is 0 Å². The molecule has 0 aromatic carbocycles. The first kappa shape index (κ1) is 12.2. The number of nitrogens with one attached hydrogen (secondary N) is 2. The minimum Gasteiger partial charge on any atom is -0.317 e. The number of hydrogen-bond donors (Lipinski definition) is 2. The predicted molar refractivity (Wildman–Crippen MR) is 71.6 cm³/mol. The Morgan fingerprint density at radius 2 is 1.89 bits per heavy atom. The Balaban J connectivity index is 1.66. The lowest BCUT2D eigenvalue weighted by Gasteiger charge is -2.28. The molecule has 1 amide bonds. The van der Waals surface area contributed by atoms with Crippen molar-refractivity contribution in [2.45, 2.75) is 56.9 Å². The fourth-order valence-electron chi connectivity index (χ4n) is 3.53. The van der Waals surface area contributed by atoms with Gasteiger partial charge in [0.2, 0.25) is 0 Å². The van der Waals surface area contributed by atoms with E-state index in [1.165, 1.54) is 32.1 Å². The largest absolute Gasteiger partial charge is 0.317 e. The smallest absolute Gasteiger partial charge is 0.253 e. The van der Waals surface area contributed by atoms with Gasteiger partial charge in [0.15, 0.2) is 0 Å². The lowest BCUT2D eigenvalue weighted by molar-refractivity contribution is -0.124. The number of nitrogens with zero attached hydrogens (tertiary/aromatic N) is 1. The monoisotopic (exact) mass is 249 g/mol. The Morgan fingerprint density at radius 1 is 1.17 bits per heavy atom. The van der Waals surface area contributed by atoms with Gasteiger partial charge in [-0.1, -0.05) is 32.1 Å². The van der Waals surface area contributed by atoms with Crippen LogP contribution in [0.3, 0.4) is 0 Å². The van der Waals surface area contributed by atoms with E-state index in [0.29, 0.717) is 0 Å². The molecule has 18 heavy (non-hydrogen) atoms. The molecule has 2 heterocycles. The zero-order chi connectivity index (χ0) is 12.4. The third-order valence-electron chi connectivity index (χ3n) is 4.67. The maximum Gasteiger partial charge on any atom is 0.253 e. The van der Waals surface area contributed by atoms with Crippen LogP contribution in [-0.2, 0) is 4.79 Å². The summed E-state index contributed by atoms with van der Waals surface area (Å²) in [5, 5.41) is 6.35. The number of piperidine rings is 1. The van der Waals surface area contributed by atoms with E-state index in [2.05, 4.69) is 10.6 Å². The second kappa shape index (κ2) is 5.00. The molecule has 0 aromatic heterocycles. The molecule has 0 bridgehead atoms. The maximum atomic E-state index is 12.1. The van der Waals surface area contributed by atoms with Crippen LogP contribution < -0.4 is 10.6 Å². The minimum absolute atomic E-state index is 0.148. The van der Waals surface area contributed by atoms with Crippen LogP contribution in [0.15, 0.2) is 4.99 Å². The highest BCUT2D eigenvalue weighted by molar-refractivity contribution is 6.08. The molecule has 2 aliphatic heterocycles. The van der Waals surface area contributed by atoms with Gasteiger partial charge >= 0.3 is 0 Å². The molecule has 0 atom stereocenters. The predicted octanol–water partition coefficient (Wildman–Crippen LogP) is 1.61. The molecule has 1 saturated heterocycles. The normalized spacial score (nSPS) is 28.2. The van der Waals surface area contributed by atoms with Gasteiger partial charge < -0.3 is 10.6 Å². The van der Waals surface area contributed by atoms with E-state index in [4.69, 9.17) is 4.99 Å². The van der Waals surface area contributed by atoms with Crippen molar-refractivity contribution in [3.8, 4) is 0 Å². The van der Waals surface area contributed by atoms with Gasteiger partial charge in [-0.15, -0.1) is 0 Å². The molecular formula is C14H23N3O. The average Bonchev–Trinajstić information content (AvgIpc) is 2.68. The standard InChI is InChI=1S/C14H23N3O/c18-13-14(6-8-15-9-7-14)17-12(16-13)10-11-4-2-1-3-5-11/h11,15H,1-10H2,(H,16,17,18). The quantitative estimate of drug-likeness (QED) is 0.781. The Labute approximate surface area is 109 Å². The van der Waals surface area contributed by atoms with Crippen LogP contribution in [0.5, 0.6) is 0 Å². The van der Waals surface area contributed by atoms with Crippen LogP contribution in [0.1, 0.15) is 51.4 Å². The zero-order valence-electron chi connectivity index (χ0n) is 11.0. The van der Waals surface area contributed by atoms with Crippen LogP contribution in [-0.4, -0.2) is 30.4 Å². The number of aliphatic imine (C=N–C) groups is 1. The van der Waals surface area contributed by atoms with Gasteiger partial charge in [-0.05, 0) is 31.8 Å². The summed E-state index contributed by atoms with van der Waals surface area (Å²) in [4.78, 5) is 16.9. The second-order valence-electron chi connectivity index (χ2n) is 6.00. The SMILES string of the molecule is O=C1NC(CC2CCCCC2)=NC12CCNCC2. The summed E-state index contributed by atoms with van der Waals surface area (Å²) in [5.41, 5.74) is -0.421. The lowest BCUT2D eigenvalue weighted by Crippen LogP contribution is -2.47. The number of carbonyl (C=O) groups excluding carboxylic acids is 1. The summed E-state index contributed by atoms with van der Waals surface area (Å²) in [7, 11) is 0. The molecule has 1 saturated carbocycles. The third kappa shape index (κ3) is 2.30. The van der Waals surface area contributed by atoms with Crippen molar-refractivity contribution in [3.63, 3.8) is 0 Å². The van der Waals surface area contributed by atoms with Gasteiger partial charge in [-0.3, -0.25) is 9.79 Å². The van der Waals surface area contributed by atoms with Crippen molar-refractivity contribution in [3.05, 3.63) is 0 Å². The first-order valence-corrected chi connectivity index (χ1v) is 7.39. The van der Waals surface area contributed by atoms with Crippen LogP contribution in [0.2, 0.25) is 0 Å². The van der Waals surface area contributed by atoms with E-state index in [9.17, 15) is 4.79 Å². The molecule has 4 heteroatoms. The molecule has 4 nitrogen and oxygen atoms in total. The Morgan fingerprint density at radius 3 is 2.61 bits per heavy atom. The molecular weight excluding hydrogens is 226 g/mol. The molecule has 2 N–H and O–H groups in total. The Kier molecular flexibility index (Phi) is 3.37. The van der Waals surface area contributed by atoms with E-state index in [1.807, 2.05) is 0 Å². The number of rotatable bonds is 2. The highest BCUT2D eigenvalue weighted by atomic mass is 16.2. The summed E-state index contributed by atoms with van der Waals surface area (Å²) >= 11 is 0. The van der Waals surface area contributed by atoms with Gasteiger partial charge in [0, 0.05) is 6.42 Å². The highest BCUT2D eigenvalue weighted by Gasteiger charge is 2.44. The maximum absolute atomic E-state index is 12.1. The summed E-state index contributed by atoms with van der Waals surface area (Å²) in [6.07, 6.45) is 9.39. The van der Waals surface area contributed by atoms with Crippen LogP contribution >= 0.6 is 0 Å². The minimum atomic E-state index is -0.421. The fourth-order valence-corrected chi connectivity index (χ4v) is 3.53. The van der Waals surface area contributed by atoms with Crippen LogP contribution in [0.4, 0.5) is 0 Å². The molecule has 0 unspecified atom stereocenters. The van der Waals surface area contributed by atoms with Gasteiger partial charge in [-0.2, -0.15) is 0 Å². The average molecular weight is 249 g/mol. The van der Waals surface area contributed by atoms with Crippen LogP contribution in [0.25, 0.3) is 0 Å². The molecule has 100 valence electrons. The van der Waals surface area contributed by atoms with Crippen LogP contribution in [0, 0.1) is 5.92 Å². The first-order valence-electron chi connectivity index (χ1n) is 7.39. The van der Waals surface area contributed by atoms with Crippen molar-refractivity contribution >= 4 is 11.7 Å². The number of amides is 1. The van der Waals surface area contributed by atoms with Gasteiger partial charge in [0.05, 0.1) is 0 Å². The van der Waals surface area contributed by atoms with E-state index >= 15 is 0 Å². The topological polar surface area (TPSA) is 53.5 Å². The summed E-state index contributed by atoms with van der Waals surface area (Å²) < 4.78 is 0. The Bertz CT molecular complexity index is 352. The summed E-state index contributed by atoms with van der Waals surface area (Å²) in [6.45, 7) is 1.82. The van der Waals surface area contributed by atoms with E-state index in [0.717, 1.165) is 44.1 Å². The lowest BCUT2D eigenvalue weighted by atomic mass is 9.87. The fraction of sp³-hybridized carbons (Fsp3) is 0.857. The number of amidine groups is 1. The van der Waals surface area contributed by atoms with E-state index in [-0.39, 0.29) is 5.91 Å². The van der Waals surface area contributed by atoms with Crippen molar-refractivity contribution in [2.75, 3.05) is 13.1 Å².